The van der Waals surface area contributed by atoms with E-state index in [1.54, 1.807) is 0 Å². The van der Waals surface area contributed by atoms with Crippen molar-refractivity contribution < 1.29 is 5.11 Å². The molecule has 100 valence electrons. The number of benzene rings is 1. The first kappa shape index (κ1) is 14.0. The first-order valence-corrected chi connectivity index (χ1v) is 7.61. The van der Waals surface area contributed by atoms with Crippen LogP contribution < -0.4 is 0 Å². The summed E-state index contributed by atoms with van der Waals surface area (Å²) in [5.74, 6) is 0.870. The minimum atomic E-state index is -0.361. The summed E-state index contributed by atoms with van der Waals surface area (Å²) in [5, 5.41) is 10.2. The van der Waals surface area contributed by atoms with E-state index >= 15 is 0 Å². The lowest BCUT2D eigenvalue weighted by atomic mass is 9.98. The van der Waals surface area contributed by atoms with Gasteiger partial charge in [0, 0.05) is 11.0 Å². The third kappa shape index (κ3) is 3.81. The molecule has 1 N–H and O–H groups in total. The van der Waals surface area contributed by atoms with Crippen molar-refractivity contribution in [2.24, 2.45) is 5.92 Å². The van der Waals surface area contributed by atoms with Crippen molar-refractivity contribution in [1.29, 1.82) is 0 Å². The van der Waals surface area contributed by atoms with Gasteiger partial charge in [-0.25, -0.2) is 0 Å². The maximum atomic E-state index is 10.2. The summed E-state index contributed by atoms with van der Waals surface area (Å²) in [6.07, 6.45) is 3.05. The number of aliphatic hydroxyl groups is 1. The normalized spacial score (nSPS) is 19.9. The van der Waals surface area contributed by atoms with E-state index in [2.05, 4.69) is 27.8 Å². The predicted molar refractivity (Wildman–Crippen MR) is 78.6 cm³/mol. The molecule has 0 aromatic heterocycles. The Morgan fingerprint density at radius 1 is 1.33 bits per heavy atom. The fourth-order valence-electron chi connectivity index (χ4n) is 2.49. The van der Waals surface area contributed by atoms with Crippen LogP contribution in [0.5, 0.6) is 0 Å². The van der Waals surface area contributed by atoms with E-state index < -0.39 is 0 Å². The molecule has 0 amide bonds. The van der Waals surface area contributed by atoms with Crippen LogP contribution in [-0.2, 0) is 0 Å². The van der Waals surface area contributed by atoms with Crippen LogP contribution in [0.4, 0.5) is 0 Å². The van der Waals surface area contributed by atoms with Gasteiger partial charge in [0.2, 0.25) is 0 Å². The second-order valence-electron chi connectivity index (χ2n) is 5.35. The molecular formula is C15H22BrNO. The number of rotatable bonds is 4. The molecule has 1 aliphatic heterocycles. The lowest BCUT2D eigenvalue weighted by Crippen LogP contribution is -2.34. The zero-order valence-electron chi connectivity index (χ0n) is 11.0. The molecule has 0 aliphatic carbocycles. The Labute approximate surface area is 118 Å². The quantitative estimate of drug-likeness (QED) is 0.918. The van der Waals surface area contributed by atoms with Crippen molar-refractivity contribution in [3.8, 4) is 0 Å². The first-order chi connectivity index (χ1) is 8.66. The molecule has 1 saturated heterocycles. The van der Waals surface area contributed by atoms with Gasteiger partial charge in [-0.3, -0.25) is 0 Å². The number of hydrogen-bond donors (Lipinski definition) is 1. The van der Waals surface area contributed by atoms with Crippen LogP contribution in [0.2, 0.25) is 0 Å². The van der Waals surface area contributed by atoms with E-state index in [0.29, 0.717) is 0 Å². The molecule has 0 saturated carbocycles. The van der Waals surface area contributed by atoms with E-state index in [1.165, 1.54) is 25.9 Å². The molecular weight excluding hydrogens is 290 g/mol. The van der Waals surface area contributed by atoms with Crippen molar-refractivity contribution in [1.82, 2.24) is 4.90 Å². The minimum Gasteiger partial charge on any atom is -0.388 e. The fraction of sp³-hybridized carbons (Fsp3) is 0.600. The van der Waals surface area contributed by atoms with Crippen molar-refractivity contribution in [3.63, 3.8) is 0 Å². The van der Waals surface area contributed by atoms with Gasteiger partial charge < -0.3 is 10.0 Å². The fourth-order valence-corrected chi connectivity index (χ4v) is 3.04. The summed E-state index contributed by atoms with van der Waals surface area (Å²) in [6.45, 7) is 5.69. The summed E-state index contributed by atoms with van der Waals surface area (Å²) in [6, 6.07) is 7.94. The van der Waals surface area contributed by atoms with Gasteiger partial charge in [-0.1, -0.05) is 41.1 Å². The lowest BCUT2D eigenvalue weighted by molar-refractivity contribution is 0.125. The summed E-state index contributed by atoms with van der Waals surface area (Å²) >= 11 is 3.50. The Morgan fingerprint density at radius 2 is 2.00 bits per heavy atom. The van der Waals surface area contributed by atoms with E-state index in [0.717, 1.165) is 28.9 Å². The van der Waals surface area contributed by atoms with Crippen LogP contribution in [0.15, 0.2) is 28.7 Å². The van der Waals surface area contributed by atoms with Gasteiger partial charge in [-0.2, -0.15) is 0 Å². The first-order valence-electron chi connectivity index (χ1n) is 6.81. The topological polar surface area (TPSA) is 23.5 Å². The van der Waals surface area contributed by atoms with Gasteiger partial charge >= 0.3 is 0 Å². The molecule has 1 aliphatic rings. The number of aliphatic hydroxyl groups excluding tert-OH is 1. The number of nitrogens with zero attached hydrogens (tertiary/aromatic N) is 1. The van der Waals surface area contributed by atoms with Crippen LogP contribution in [0.1, 0.15) is 37.9 Å². The third-order valence-electron chi connectivity index (χ3n) is 3.86. The number of likely N-dealkylation sites (tertiary alicyclic amines) is 1. The highest BCUT2D eigenvalue weighted by molar-refractivity contribution is 9.10. The van der Waals surface area contributed by atoms with Crippen LogP contribution in [0, 0.1) is 5.92 Å². The molecule has 1 atom stereocenters. The Hall–Kier alpha value is -0.380. The Balaban J connectivity index is 1.81. The Kier molecular flexibility index (Phi) is 5.22. The molecule has 0 radical (unpaired) electrons. The second kappa shape index (κ2) is 6.69. The highest BCUT2D eigenvalue weighted by atomic mass is 79.9. The molecule has 1 fully saturated rings. The third-order valence-corrected chi connectivity index (χ3v) is 4.58. The summed E-state index contributed by atoms with van der Waals surface area (Å²) < 4.78 is 1.00. The molecule has 18 heavy (non-hydrogen) atoms. The molecule has 1 heterocycles. The van der Waals surface area contributed by atoms with Gasteiger partial charge in [0.05, 0.1) is 6.10 Å². The Bertz CT molecular complexity index is 375. The highest BCUT2D eigenvalue weighted by Gasteiger charge is 2.17. The van der Waals surface area contributed by atoms with Gasteiger partial charge in [0.1, 0.15) is 0 Å². The van der Waals surface area contributed by atoms with Gasteiger partial charge in [-0.15, -0.1) is 0 Å². The summed E-state index contributed by atoms with van der Waals surface area (Å²) in [4.78, 5) is 2.47. The standard InChI is InChI=1S/C15H22BrNO/c1-12-6-9-17(10-7-12)11-8-15(18)13-4-2-3-5-14(13)16/h2-5,12,15,18H,6-11H2,1H3. The number of halogens is 1. The predicted octanol–water partition coefficient (Wildman–Crippen LogP) is 3.60. The second-order valence-corrected chi connectivity index (χ2v) is 6.20. The lowest BCUT2D eigenvalue weighted by Gasteiger charge is -2.30. The van der Waals surface area contributed by atoms with Crippen LogP contribution in [0.3, 0.4) is 0 Å². The maximum Gasteiger partial charge on any atom is 0.0813 e. The largest absolute Gasteiger partial charge is 0.388 e. The Morgan fingerprint density at radius 3 is 2.67 bits per heavy atom. The molecule has 0 bridgehead atoms. The van der Waals surface area contributed by atoms with Crippen LogP contribution >= 0.6 is 15.9 Å². The summed E-state index contributed by atoms with van der Waals surface area (Å²) in [5.41, 5.74) is 1.00. The molecule has 1 aromatic rings. The molecule has 2 rings (SSSR count). The average molecular weight is 312 g/mol. The highest BCUT2D eigenvalue weighted by Crippen LogP contribution is 2.26. The van der Waals surface area contributed by atoms with Crippen molar-refractivity contribution in [2.75, 3.05) is 19.6 Å². The molecule has 3 heteroatoms. The molecule has 1 aromatic carbocycles. The van der Waals surface area contributed by atoms with Crippen molar-refractivity contribution in [2.45, 2.75) is 32.3 Å². The van der Waals surface area contributed by atoms with Crippen LogP contribution in [-0.4, -0.2) is 29.6 Å². The monoisotopic (exact) mass is 311 g/mol. The smallest absolute Gasteiger partial charge is 0.0813 e. The summed E-state index contributed by atoms with van der Waals surface area (Å²) in [7, 11) is 0. The SMILES string of the molecule is CC1CCN(CCC(O)c2ccccc2Br)CC1. The molecule has 2 nitrogen and oxygen atoms in total. The maximum absolute atomic E-state index is 10.2. The van der Waals surface area contributed by atoms with Gasteiger partial charge in [-0.05, 0) is 49.9 Å². The van der Waals surface area contributed by atoms with E-state index in [4.69, 9.17) is 0 Å². The molecule has 1 unspecified atom stereocenters. The van der Waals surface area contributed by atoms with Gasteiger partial charge in [0.15, 0.2) is 0 Å². The van der Waals surface area contributed by atoms with Crippen molar-refractivity contribution in [3.05, 3.63) is 34.3 Å². The van der Waals surface area contributed by atoms with Crippen molar-refractivity contribution >= 4 is 15.9 Å². The zero-order chi connectivity index (χ0) is 13.0. The minimum absolute atomic E-state index is 0.361. The van der Waals surface area contributed by atoms with E-state index in [9.17, 15) is 5.11 Å². The van der Waals surface area contributed by atoms with E-state index in [1.807, 2.05) is 24.3 Å². The van der Waals surface area contributed by atoms with Gasteiger partial charge in [0.25, 0.3) is 0 Å². The zero-order valence-corrected chi connectivity index (χ0v) is 12.6. The van der Waals surface area contributed by atoms with Crippen LogP contribution in [0.25, 0.3) is 0 Å². The average Bonchev–Trinajstić information content (AvgIpc) is 2.38. The van der Waals surface area contributed by atoms with E-state index in [-0.39, 0.29) is 6.10 Å². The molecule has 0 spiro atoms. The number of piperidine rings is 1. The number of hydrogen-bond acceptors (Lipinski definition) is 2.